The number of rotatable bonds is 6. The highest BCUT2D eigenvalue weighted by Crippen LogP contribution is 2.71. The van der Waals surface area contributed by atoms with Gasteiger partial charge in [-0.05, 0) is 99.4 Å². The summed E-state index contributed by atoms with van der Waals surface area (Å²) in [5, 5.41) is 32.3. The molecule has 11 atom stereocenters. The number of fused-ring (bicyclic) bond motifs is 7. The Labute approximate surface area is 336 Å². The van der Waals surface area contributed by atoms with Crippen LogP contribution in [0.2, 0.25) is 0 Å². The molecule has 1 unspecified atom stereocenters. The highest BCUT2D eigenvalue weighted by atomic mass is 35.5. The second-order valence-corrected chi connectivity index (χ2v) is 19.6. The Kier molecular flexibility index (Phi) is 12.3. The quantitative estimate of drug-likeness (QED) is 0.199. The Morgan fingerprint density at radius 1 is 0.964 bits per heavy atom. The summed E-state index contributed by atoms with van der Waals surface area (Å²) in [4.78, 5) is 26.1. The third kappa shape index (κ3) is 7.63. The van der Waals surface area contributed by atoms with Crippen molar-refractivity contribution in [1.82, 2.24) is 4.90 Å². The van der Waals surface area contributed by atoms with Crippen molar-refractivity contribution in [2.45, 2.75) is 113 Å². The fraction of sp³-hybridized carbons (Fsp3) is 0.591. The summed E-state index contributed by atoms with van der Waals surface area (Å²) in [5.41, 5.74) is 0.259. The molecule has 6 aliphatic rings. The lowest BCUT2D eigenvalue weighted by atomic mass is 9.45. The van der Waals surface area contributed by atoms with Gasteiger partial charge in [0, 0.05) is 22.9 Å². The maximum absolute atomic E-state index is 12.6. The van der Waals surface area contributed by atoms with Gasteiger partial charge in [-0.15, -0.1) is 11.6 Å². The Morgan fingerprint density at radius 3 is 2.02 bits per heavy atom. The third-order valence-electron chi connectivity index (χ3n) is 14.4. The Bertz CT molecular complexity index is 1860. The number of Topliss-reactive ketones (excluding diaryl/α,β-unsaturated/α-hetero) is 1. The highest BCUT2D eigenvalue weighted by Gasteiger charge is 2.74. The lowest BCUT2D eigenvalue weighted by molar-refractivity contribution is -0.179. The lowest BCUT2D eigenvalue weighted by Crippen LogP contribution is -2.69. The minimum atomic E-state index is -3.67. The van der Waals surface area contributed by atoms with Crippen molar-refractivity contribution >= 4 is 33.3 Å². The van der Waals surface area contributed by atoms with Crippen LogP contribution in [-0.2, 0) is 24.4 Å². The van der Waals surface area contributed by atoms with Gasteiger partial charge in [-0.1, -0.05) is 93.1 Å². The minimum absolute atomic E-state index is 0.0465. The summed E-state index contributed by atoms with van der Waals surface area (Å²) >= 11 is 7.30. The summed E-state index contributed by atoms with van der Waals surface area (Å²) in [6.45, 7) is 4.97. The molecule has 4 N–H and O–H groups in total. The predicted octanol–water partition coefficient (Wildman–Crippen LogP) is 6.09. The van der Waals surface area contributed by atoms with Gasteiger partial charge < -0.3 is 25.0 Å². The molecule has 0 amide bonds. The normalized spacial score (nSPS) is 38.6. The van der Waals surface area contributed by atoms with Gasteiger partial charge in [0.15, 0.2) is 11.6 Å². The van der Waals surface area contributed by atoms with E-state index in [1.54, 1.807) is 6.08 Å². The predicted molar refractivity (Wildman–Crippen MR) is 216 cm³/mol. The van der Waals surface area contributed by atoms with Crippen LogP contribution in [-0.4, -0.2) is 99.4 Å². The van der Waals surface area contributed by atoms with Crippen molar-refractivity contribution in [3.05, 3.63) is 95.6 Å². The number of nitrogens with zero attached hydrogens (tertiary/aromatic N) is 1. The largest absolute Gasteiger partial charge is 0.391 e. The molecule has 2 aromatic carbocycles. The van der Waals surface area contributed by atoms with E-state index < -0.39 is 49.9 Å². The third-order valence-corrected chi connectivity index (χ3v) is 15.3. The number of piperidine rings is 1. The second-order valence-electron chi connectivity index (χ2n) is 17.5. The molecule has 0 radical (unpaired) electrons. The van der Waals surface area contributed by atoms with Gasteiger partial charge in [0.25, 0.3) is 10.1 Å². The van der Waals surface area contributed by atoms with E-state index in [1.807, 2.05) is 26.8 Å². The second kappa shape index (κ2) is 16.1. The molecule has 8 rings (SSSR count). The molecule has 2 heterocycles. The molecule has 2 aromatic rings. The fourth-order valence-electron chi connectivity index (χ4n) is 11.5. The summed E-state index contributed by atoms with van der Waals surface area (Å²) < 4.78 is 32.5. The van der Waals surface area contributed by atoms with Crippen LogP contribution in [0.3, 0.4) is 0 Å². The van der Waals surface area contributed by atoms with Crippen LogP contribution in [0, 0.1) is 28.6 Å². The number of alkyl halides is 1. The van der Waals surface area contributed by atoms with Crippen LogP contribution in [0.15, 0.2) is 84.5 Å². The first kappa shape index (κ1) is 42.9. The number of benzene rings is 2. The molecule has 0 spiro atoms. The van der Waals surface area contributed by atoms with Crippen LogP contribution in [0.1, 0.15) is 89.4 Å². The number of carbonyl (C=O) groups is 2. The standard InChI is InChI=1S/C22H29ClO5.C21H25NO.CH4O3S/c1-12-8-16-15-5-4-13-9-14(25)6-7-19(13,2)21(15,23)17(26)10-20(16,3)22(12,28)18(27)11-24;1-22-18-12-13-19(22)15-20(14-18)23-21(16-8-4-2-5-9-16)17-10-6-3-7-11-17;1-5(2,3)4/h6-7,9,12,15-17,24,26,28H,4-5,8,10-11H2,1-3H3;2-11,18-21H,12-15H2,1H3;1H3,(H,2,3,4)/t12-,15-,16-,17-,19-,20-,21-,22-;18-,19+,20?;/m0../s1. The molecule has 2 bridgehead atoms. The number of carbonyl (C=O) groups excluding carboxylic acids is 2. The SMILES string of the molecule is CN1[C@@H]2CC[C@H]1CC(OC(c1ccccc1)c1ccccc1)C2.CS(=O)(=O)O.C[C@H]1C[C@H]2[C@@H]3CCC4=CC(=O)C=C[C@]4(C)[C@@]3(Cl)[C@@H](O)C[C@]2(C)[C@@]1(O)C(=O)CO. The fourth-order valence-corrected chi connectivity index (χ4v) is 12.1. The van der Waals surface area contributed by atoms with Gasteiger partial charge in [0.05, 0.1) is 23.3 Å². The average molecular weight is 812 g/mol. The smallest absolute Gasteiger partial charge is 0.261 e. The van der Waals surface area contributed by atoms with Crippen molar-refractivity contribution in [1.29, 1.82) is 0 Å². The number of ether oxygens (including phenoxy) is 1. The van der Waals surface area contributed by atoms with Gasteiger partial charge in [-0.2, -0.15) is 8.42 Å². The summed E-state index contributed by atoms with van der Waals surface area (Å²) in [5.74, 6) is -1.15. The first-order valence-electron chi connectivity index (χ1n) is 19.8. The zero-order valence-corrected chi connectivity index (χ0v) is 34.6. The molecular weight excluding hydrogens is 754 g/mol. The van der Waals surface area contributed by atoms with Crippen molar-refractivity contribution in [3.63, 3.8) is 0 Å². The topological polar surface area (TPSA) is 162 Å². The van der Waals surface area contributed by atoms with E-state index in [1.165, 1.54) is 42.9 Å². The zero-order valence-electron chi connectivity index (χ0n) is 33.1. The molecule has 10 nitrogen and oxygen atoms in total. The maximum Gasteiger partial charge on any atom is 0.261 e. The number of hydrogen-bond donors (Lipinski definition) is 4. The number of allylic oxidation sites excluding steroid dienone is 4. The molecule has 2 saturated heterocycles. The van der Waals surface area contributed by atoms with Crippen LogP contribution in [0.5, 0.6) is 0 Å². The molecule has 306 valence electrons. The van der Waals surface area contributed by atoms with E-state index in [9.17, 15) is 33.3 Å². The van der Waals surface area contributed by atoms with Gasteiger partial charge in [0.1, 0.15) is 18.3 Å². The molecule has 0 aromatic heterocycles. The molecular formula is C44H58ClNO9S. The van der Waals surface area contributed by atoms with Crippen molar-refractivity contribution in [2.24, 2.45) is 28.6 Å². The van der Waals surface area contributed by atoms with Crippen molar-refractivity contribution in [3.8, 4) is 0 Å². The van der Waals surface area contributed by atoms with Crippen LogP contribution < -0.4 is 0 Å². The summed E-state index contributed by atoms with van der Waals surface area (Å²) in [7, 11) is -1.38. The Balaban J connectivity index is 0.000000172. The van der Waals surface area contributed by atoms with Crippen molar-refractivity contribution in [2.75, 3.05) is 19.9 Å². The van der Waals surface area contributed by atoms with E-state index in [0.29, 0.717) is 43.7 Å². The monoisotopic (exact) mass is 811 g/mol. The number of hydrogen-bond acceptors (Lipinski definition) is 9. The van der Waals surface area contributed by atoms with Gasteiger partial charge in [-0.25, -0.2) is 0 Å². The van der Waals surface area contributed by atoms with E-state index in [4.69, 9.17) is 20.9 Å². The van der Waals surface area contributed by atoms with E-state index in [2.05, 4.69) is 72.6 Å². The van der Waals surface area contributed by atoms with E-state index >= 15 is 0 Å². The number of aliphatic hydroxyl groups excluding tert-OH is 2. The first-order chi connectivity index (χ1) is 26.3. The molecule has 56 heavy (non-hydrogen) atoms. The van der Waals surface area contributed by atoms with Gasteiger partial charge >= 0.3 is 0 Å². The van der Waals surface area contributed by atoms with Crippen LogP contribution in [0.25, 0.3) is 0 Å². The molecule has 2 aliphatic heterocycles. The van der Waals surface area contributed by atoms with Gasteiger partial charge in [0.2, 0.25) is 0 Å². The molecule has 5 fully saturated rings. The number of ketones is 2. The van der Waals surface area contributed by atoms with Crippen molar-refractivity contribution < 1.29 is 42.6 Å². The maximum atomic E-state index is 12.6. The average Bonchev–Trinajstić information content (AvgIpc) is 3.47. The summed E-state index contributed by atoms with van der Waals surface area (Å²) in [6.07, 6.45) is 12.4. The number of aliphatic hydroxyl groups is 3. The van der Waals surface area contributed by atoms with Crippen LogP contribution >= 0.6 is 11.6 Å². The highest BCUT2D eigenvalue weighted by molar-refractivity contribution is 7.85. The van der Waals surface area contributed by atoms with E-state index in [-0.39, 0.29) is 36.1 Å². The molecule has 12 heteroatoms. The Hall–Kier alpha value is -2.74. The Morgan fingerprint density at radius 2 is 1.50 bits per heavy atom. The van der Waals surface area contributed by atoms with E-state index in [0.717, 1.165) is 5.57 Å². The minimum Gasteiger partial charge on any atom is -0.391 e. The summed E-state index contributed by atoms with van der Waals surface area (Å²) in [6, 6.07) is 22.7. The first-order valence-corrected chi connectivity index (χ1v) is 22.1. The molecule has 3 saturated carbocycles. The van der Waals surface area contributed by atoms with Gasteiger partial charge in [-0.3, -0.25) is 14.1 Å². The van der Waals surface area contributed by atoms with Crippen LogP contribution in [0.4, 0.5) is 0 Å². The zero-order chi connectivity index (χ0) is 40.8. The number of halogens is 1. The molecule has 4 aliphatic carbocycles. The lowest BCUT2D eigenvalue weighted by Gasteiger charge is -2.63.